The van der Waals surface area contributed by atoms with Crippen LogP contribution in [0, 0.1) is 0 Å². The molecule has 1 fully saturated rings. The molecule has 0 spiro atoms. The largest absolute Gasteiger partial charge is 0.492 e. The van der Waals surface area contributed by atoms with Crippen molar-refractivity contribution in [1.29, 1.82) is 0 Å². The molecule has 2 rings (SSSR count). The molecule has 98 valence electrons. The molecule has 1 aromatic carbocycles. The predicted molar refractivity (Wildman–Crippen MR) is 71.0 cm³/mol. The van der Waals surface area contributed by atoms with Crippen molar-refractivity contribution in [2.45, 2.75) is 6.29 Å². The van der Waals surface area contributed by atoms with E-state index < -0.39 is 0 Å². The highest BCUT2D eigenvalue weighted by atomic mass is 79.9. The number of hydrogen-bond donors (Lipinski definition) is 0. The molecule has 0 unspecified atom stereocenters. The van der Waals surface area contributed by atoms with Crippen LogP contribution in [0.5, 0.6) is 11.5 Å². The molecule has 1 aromatic rings. The van der Waals surface area contributed by atoms with Gasteiger partial charge in [0.25, 0.3) is 0 Å². The Bertz CT molecular complexity index is 427. The van der Waals surface area contributed by atoms with Crippen LogP contribution in [0.15, 0.2) is 29.3 Å². The van der Waals surface area contributed by atoms with E-state index in [-0.39, 0.29) is 6.29 Å². The van der Waals surface area contributed by atoms with E-state index in [0.29, 0.717) is 31.3 Å². The van der Waals surface area contributed by atoms with Crippen molar-refractivity contribution in [3.8, 4) is 11.5 Å². The van der Waals surface area contributed by atoms with Crippen molar-refractivity contribution < 1.29 is 18.9 Å². The lowest BCUT2D eigenvalue weighted by Gasteiger charge is -2.16. The van der Waals surface area contributed by atoms with E-state index in [1.807, 2.05) is 12.1 Å². The number of hydrogen-bond acceptors (Lipinski definition) is 4. The third kappa shape index (κ3) is 2.68. The Hall–Kier alpha value is -1.04. The van der Waals surface area contributed by atoms with E-state index in [4.69, 9.17) is 18.9 Å². The molecule has 0 radical (unpaired) electrons. The average molecular weight is 315 g/mol. The maximum atomic E-state index is 5.52. The van der Waals surface area contributed by atoms with Gasteiger partial charge in [0.2, 0.25) is 0 Å². The fourth-order valence-electron chi connectivity index (χ4n) is 1.73. The van der Waals surface area contributed by atoms with Crippen LogP contribution in [0.3, 0.4) is 0 Å². The molecule has 1 saturated heterocycles. The van der Waals surface area contributed by atoms with Gasteiger partial charge in [-0.2, -0.15) is 0 Å². The van der Waals surface area contributed by atoms with Crippen LogP contribution in [0.4, 0.5) is 0 Å². The molecule has 18 heavy (non-hydrogen) atoms. The number of benzene rings is 1. The minimum Gasteiger partial charge on any atom is -0.492 e. The Kier molecular flexibility index (Phi) is 4.63. The molecular formula is C13H15BrO4. The minimum absolute atomic E-state index is 0.346. The summed E-state index contributed by atoms with van der Waals surface area (Å²) in [6.45, 7) is 5.26. The van der Waals surface area contributed by atoms with Gasteiger partial charge < -0.3 is 18.9 Å². The molecular weight excluding hydrogens is 300 g/mol. The standard InChI is InChI=1S/C13H15BrO4/c1-3-6-16-10-5-4-9(11(14)12(10)15-2)13-17-7-8-18-13/h3-5,13H,1,6-8H2,2H3. The van der Waals surface area contributed by atoms with Gasteiger partial charge in [0.05, 0.1) is 24.8 Å². The van der Waals surface area contributed by atoms with Crippen LogP contribution < -0.4 is 9.47 Å². The molecule has 0 aromatic heterocycles. The van der Waals surface area contributed by atoms with Gasteiger partial charge in [-0.25, -0.2) is 0 Å². The number of rotatable bonds is 5. The lowest BCUT2D eigenvalue weighted by atomic mass is 10.2. The van der Waals surface area contributed by atoms with E-state index in [9.17, 15) is 0 Å². The molecule has 0 N–H and O–H groups in total. The average Bonchev–Trinajstić information content (AvgIpc) is 2.90. The van der Waals surface area contributed by atoms with Crippen molar-refractivity contribution in [2.75, 3.05) is 26.9 Å². The Morgan fingerprint density at radius 2 is 2.17 bits per heavy atom. The first-order valence-corrected chi connectivity index (χ1v) is 6.40. The molecule has 0 atom stereocenters. The van der Waals surface area contributed by atoms with Gasteiger partial charge in [0.15, 0.2) is 17.8 Å². The molecule has 0 amide bonds. The molecule has 0 saturated carbocycles. The highest BCUT2D eigenvalue weighted by Gasteiger charge is 2.24. The summed E-state index contributed by atoms with van der Waals surface area (Å²) in [6, 6.07) is 3.74. The van der Waals surface area contributed by atoms with Crippen molar-refractivity contribution in [1.82, 2.24) is 0 Å². The Morgan fingerprint density at radius 1 is 1.44 bits per heavy atom. The van der Waals surface area contributed by atoms with Crippen molar-refractivity contribution in [3.63, 3.8) is 0 Å². The monoisotopic (exact) mass is 314 g/mol. The summed E-state index contributed by atoms with van der Waals surface area (Å²) >= 11 is 3.50. The van der Waals surface area contributed by atoms with Gasteiger partial charge in [0.1, 0.15) is 6.61 Å². The van der Waals surface area contributed by atoms with Gasteiger partial charge in [-0.05, 0) is 28.1 Å². The first-order chi connectivity index (χ1) is 8.77. The maximum absolute atomic E-state index is 5.52. The zero-order chi connectivity index (χ0) is 13.0. The first-order valence-electron chi connectivity index (χ1n) is 5.61. The number of ether oxygens (including phenoxy) is 4. The summed E-state index contributed by atoms with van der Waals surface area (Å²) in [5, 5.41) is 0. The molecule has 0 bridgehead atoms. The molecule has 5 heteroatoms. The number of methoxy groups -OCH3 is 1. The normalized spacial score (nSPS) is 15.7. The predicted octanol–water partition coefficient (Wildman–Crippen LogP) is 3.07. The Morgan fingerprint density at radius 3 is 2.78 bits per heavy atom. The van der Waals surface area contributed by atoms with E-state index >= 15 is 0 Å². The van der Waals surface area contributed by atoms with Gasteiger partial charge in [-0.15, -0.1) is 0 Å². The van der Waals surface area contributed by atoms with Crippen LogP contribution in [0.2, 0.25) is 0 Å². The second-order valence-corrected chi connectivity index (χ2v) is 4.47. The Labute approximate surface area is 115 Å². The molecule has 4 nitrogen and oxygen atoms in total. The topological polar surface area (TPSA) is 36.9 Å². The molecule has 1 aliphatic heterocycles. The third-order valence-electron chi connectivity index (χ3n) is 2.53. The van der Waals surface area contributed by atoms with Crippen LogP contribution in [-0.4, -0.2) is 26.9 Å². The van der Waals surface area contributed by atoms with Gasteiger partial charge in [-0.1, -0.05) is 12.7 Å². The summed E-state index contributed by atoms with van der Waals surface area (Å²) in [7, 11) is 1.60. The lowest BCUT2D eigenvalue weighted by Crippen LogP contribution is -2.03. The second-order valence-electron chi connectivity index (χ2n) is 3.67. The van der Waals surface area contributed by atoms with Crippen LogP contribution in [-0.2, 0) is 9.47 Å². The summed E-state index contributed by atoms with van der Waals surface area (Å²) < 4.78 is 22.6. The van der Waals surface area contributed by atoms with Gasteiger partial charge >= 0.3 is 0 Å². The van der Waals surface area contributed by atoms with Gasteiger partial charge in [0, 0.05) is 5.56 Å². The van der Waals surface area contributed by atoms with Crippen molar-refractivity contribution in [3.05, 3.63) is 34.8 Å². The fraction of sp³-hybridized carbons (Fsp3) is 0.385. The van der Waals surface area contributed by atoms with Crippen molar-refractivity contribution >= 4 is 15.9 Å². The molecule has 1 heterocycles. The first kappa shape index (κ1) is 13.4. The SMILES string of the molecule is C=CCOc1ccc(C2OCCO2)c(Br)c1OC. The van der Waals surface area contributed by atoms with Crippen LogP contribution >= 0.6 is 15.9 Å². The second kappa shape index (κ2) is 6.22. The lowest BCUT2D eigenvalue weighted by molar-refractivity contribution is -0.0448. The Balaban J connectivity index is 2.30. The third-order valence-corrected chi connectivity index (χ3v) is 3.35. The summed E-state index contributed by atoms with van der Waals surface area (Å²) in [5.41, 5.74) is 0.898. The minimum atomic E-state index is -0.346. The van der Waals surface area contributed by atoms with E-state index in [0.717, 1.165) is 10.0 Å². The molecule has 0 aliphatic carbocycles. The van der Waals surface area contributed by atoms with Crippen molar-refractivity contribution in [2.24, 2.45) is 0 Å². The summed E-state index contributed by atoms with van der Waals surface area (Å²) in [5.74, 6) is 1.29. The fourth-order valence-corrected chi connectivity index (χ4v) is 2.40. The zero-order valence-electron chi connectivity index (χ0n) is 10.1. The number of halogens is 1. The highest BCUT2D eigenvalue weighted by molar-refractivity contribution is 9.10. The summed E-state index contributed by atoms with van der Waals surface area (Å²) in [6.07, 6.45) is 1.34. The highest BCUT2D eigenvalue weighted by Crippen LogP contribution is 2.41. The van der Waals surface area contributed by atoms with Crippen LogP contribution in [0.1, 0.15) is 11.9 Å². The quantitative estimate of drug-likeness (QED) is 0.783. The maximum Gasteiger partial charge on any atom is 0.185 e. The molecule has 1 aliphatic rings. The van der Waals surface area contributed by atoms with E-state index in [1.54, 1.807) is 13.2 Å². The van der Waals surface area contributed by atoms with Gasteiger partial charge in [-0.3, -0.25) is 0 Å². The zero-order valence-corrected chi connectivity index (χ0v) is 11.7. The smallest absolute Gasteiger partial charge is 0.185 e. The van der Waals surface area contributed by atoms with E-state index in [1.165, 1.54) is 0 Å². The van der Waals surface area contributed by atoms with E-state index in [2.05, 4.69) is 22.5 Å². The van der Waals surface area contributed by atoms with Crippen LogP contribution in [0.25, 0.3) is 0 Å². The summed E-state index contributed by atoms with van der Waals surface area (Å²) in [4.78, 5) is 0.